The van der Waals surface area contributed by atoms with Crippen molar-refractivity contribution in [3.05, 3.63) is 38.3 Å². The number of nitrogens with zero attached hydrogens (tertiary/aromatic N) is 5. The number of nitriles is 1. The highest BCUT2D eigenvalue weighted by molar-refractivity contribution is 5.87. The Bertz CT molecular complexity index is 1240. The number of fused-ring (bicyclic) bond motifs is 1. The van der Waals surface area contributed by atoms with Gasteiger partial charge in [-0.3, -0.25) is 14.3 Å². The molecule has 2 heterocycles. The lowest BCUT2D eigenvalue weighted by atomic mass is 9.86. The molecule has 2 saturated carbocycles. The van der Waals surface area contributed by atoms with Crippen molar-refractivity contribution in [2.24, 2.45) is 5.92 Å². The molecule has 1 aromatic carbocycles. The van der Waals surface area contributed by atoms with Gasteiger partial charge in [-0.05, 0) is 45.2 Å². The molecule has 1 saturated heterocycles. The summed E-state index contributed by atoms with van der Waals surface area (Å²) in [7, 11) is 0. The van der Waals surface area contributed by atoms with E-state index in [0.29, 0.717) is 33.8 Å². The van der Waals surface area contributed by atoms with E-state index in [1.54, 1.807) is 11.5 Å². The first kappa shape index (κ1) is 21.0. The zero-order chi connectivity index (χ0) is 22.8. The van der Waals surface area contributed by atoms with Gasteiger partial charge >= 0.3 is 5.69 Å². The number of hydrogen-bond acceptors (Lipinski definition) is 6. The van der Waals surface area contributed by atoms with Gasteiger partial charge in [0.15, 0.2) is 0 Å². The van der Waals surface area contributed by atoms with Crippen LogP contribution >= 0.6 is 0 Å². The van der Waals surface area contributed by atoms with Crippen LogP contribution < -0.4 is 22.0 Å². The highest BCUT2D eigenvalue weighted by atomic mass is 19.1. The van der Waals surface area contributed by atoms with E-state index in [-0.39, 0.29) is 17.0 Å². The Hall–Kier alpha value is -2.86. The Morgan fingerprint density at radius 1 is 1.31 bits per heavy atom. The minimum absolute atomic E-state index is 0.00882. The lowest BCUT2D eigenvalue weighted by Gasteiger charge is -2.49. The van der Waals surface area contributed by atoms with E-state index in [1.807, 2.05) is 4.90 Å². The molecular weight excluding hydrogens is 411 g/mol. The molecule has 2 N–H and O–H groups in total. The fourth-order valence-electron chi connectivity index (χ4n) is 5.71. The van der Waals surface area contributed by atoms with Gasteiger partial charge in [-0.1, -0.05) is 6.92 Å². The van der Waals surface area contributed by atoms with Crippen LogP contribution in [-0.4, -0.2) is 45.9 Å². The number of halogens is 1. The number of anilines is 1. The SMILES string of the molecule is CCN(CCC#N)C1(C2CN(c3c(F)cc4c(=O)n(N)c(=O)n(C5CC5)c4c3C)C2)CC1. The summed E-state index contributed by atoms with van der Waals surface area (Å²) in [6, 6.07) is 3.49. The Kier molecular flexibility index (Phi) is 4.82. The van der Waals surface area contributed by atoms with E-state index >= 15 is 4.39 Å². The molecule has 1 aromatic heterocycles. The van der Waals surface area contributed by atoms with Crippen LogP contribution in [-0.2, 0) is 0 Å². The highest BCUT2D eigenvalue weighted by Gasteiger charge is 2.56. The number of rotatable bonds is 7. The maximum Gasteiger partial charge on any atom is 0.350 e. The summed E-state index contributed by atoms with van der Waals surface area (Å²) >= 11 is 0. The molecule has 32 heavy (non-hydrogen) atoms. The normalized spacial score (nSPS) is 19.9. The quantitative estimate of drug-likeness (QED) is 0.660. The maximum atomic E-state index is 15.3. The first-order chi connectivity index (χ1) is 15.3. The van der Waals surface area contributed by atoms with Crippen molar-refractivity contribution >= 4 is 16.6 Å². The molecule has 0 amide bonds. The molecule has 0 unspecified atom stereocenters. The second kappa shape index (κ2) is 7.34. The lowest BCUT2D eigenvalue weighted by Crippen LogP contribution is -2.59. The topological polar surface area (TPSA) is 100 Å². The van der Waals surface area contributed by atoms with Gasteiger partial charge in [-0.15, -0.1) is 0 Å². The summed E-state index contributed by atoms with van der Waals surface area (Å²) < 4.78 is 17.5. The van der Waals surface area contributed by atoms with Crippen molar-refractivity contribution in [1.82, 2.24) is 14.1 Å². The van der Waals surface area contributed by atoms with Gasteiger partial charge in [0, 0.05) is 49.1 Å². The molecule has 0 atom stereocenters. The van der Waals surface area contributed by atoms with Crippen molar-refractivity contribution < 1.29 is 4.39 Å². The lowest BCUT2D eigenvalue weighted by molar-refractivity contribution is 0.109. The average Bonchev–Trinajstić information content (AvgIpc) is 3.65. The smallest absolute Gasteiger partial charge is 0.350 e. The molecule has 170 valence electrons. The molecular formula is C23H29FN6O2. The number of benzene rings is 1. The highest BCUT2D eigenvalue weighted by Crippen LogP contribution is 2.52. The summed E-state index contributed by atoms with van der Waals surface area (Å²) in [5.74, 6) is 5.68. The van der Waals surface area contributed by atoms with Crippen molar-refractivity contribution in [3.63, 3.8) is 0 Å². The molecule has 5 rings (SSSR count). The predicted octanol–water partition coefficient (Wildman–Crippen LogP) is 1.86. The van der Waals surface area contributed by atoms with Crippen LogP contribution in [0.2, 0.25) is 0 Å². The number of aromatic nitrogens is 2. The third-order valence-corrected chi connectivity index (χ3v) is 7.70. The molecule has 3 aliphatic rings. The maximum absolute atomic E-state index is 15.3. The minimum Gasteiger partial charge on any atom is -0.368 e. The van der Waals surface area contributed by atoms with Crippen LogP contribution in [0.3, 0.4) is 0 Å². The fourth-order valence-corrected chi connectivity index (χ4v) is 5.71. The molecule has 0 spiro atoms. The van der Waals surface area contributed by atoms with Crippen LogP contribution in [0.1, 0.15) is 50.6 Å². The zero-order valence-corrected chi connectivity index (χ0v) is 18.6. The summed E-state index contributed by atoms with van der Waals surface area (Å²) in [5, 5.41) is 9.14. The molecule has 9 heteroatoms. The van der Waals surface area contributed by atoms with Crippen LogP contribution in [0.5, 0.6) is 0 Å². The van der Waals surface area contributed by atoms with Crippen molar-refractivity contribution in [3.8, 4) is 6.07 Å². The van der Waals surface area contributed by atoms with Gasteiger partial charge in [0.25, 0.3) is 5.56 Å². The Morgan fingerprint density at radius 2 is 2.00 bits per heavy atom. The Morgan fingerprint density at radius 3 is 2.56 bits per heavy atom. The predicted molar refractivity (Wildman–Crippen MR) is 121 cm³/mol. The molecule has 3 fully saturated rings. The van der Waals surface area contributed by atoms with Crippen LogP contribution in [0.15, 0.2) is 15.7 Å². The van der Waals surface area contributed by atoms with Crippen molar-refractivity contribution in [1.29, 1.82) is 5.26 Å². The second-order valence-corrected chi connectivity index (χ2v) is 9.48. The molecule has 1 aliphatic heterocycles. The Balaban J connectivity index is 1.50. The van der Waals surface area contributed by atoms with Gasteiger partial charge in [-0.2, -0.15) is 9.94 Å². The molecule has 0 radical (unpaired) electrons. The third kappa shape index (κ3) is 2.96. The summed E-state index contributed by atoms with van der Waals surface area (Å²) in [5.41, 5.74) is 0.529. The average molecular weight is 441 g/mol. The standard InChI is InChI=1S/C23H29FN6O2/c1-3-28(10-4-9-25)23(7-8-23)15-12-27(13-15)20-14(2)19-17(11-18(20)24)21(31)30(26)22(32)29(19)16-5-6-16/h11,15-16H,3-8,10,12-13,26H2,1-2H3. The van der Waals surface area contributed by atoms with Gasteiger partial charge in [0.05, 0.1) is 22.7 Å². The van der Waals surface area contributed by atoms with Crippen molar-refractivity contribution in [2.45, 2.75) is 57.5 Å². The minimum atomic E-state index is -0.662. The number of nitrogen functional groups attached to an aromatic ring is 1. The van der Waals surface area contributed by atoms with E-state index < -0.39 is 17.1 Å². The summed E-state index contributed by atoms with van der Waals surface area (Å²) in [6.45, 7) is 7.06. The molecule has 8 nitrogen and oxygen atoms in total. The first-order valence-corrected chi connectivity index (χ1v) is 11.5. The number of aryl methyl sites for hydroxylation is 1. The van der Waals surface area contributed by atoms with Crippen LogP contribution in [0.4, 0.5) is 10.1 Å². The number of nitrogens with two attached hydrogens (primary N) is 1. The second-order valence-electron chi connectivity index (χ2n) is 9.48. The van der Waals surface area contributed by atoms with Gasteiger partial charge < -0.3 is 10.7 Å². The van der Waals surface area contributed by atoms with E-state index in [2.05, 4.69) is 17.9 Å². The van der Waals surface area contributed by atoms with Gasteiger partial charge in [-0.25, -0.2) is 9.18 Å². The van der Waals surface area contributed by atoms with Gasteiger partial charge in [0.1, 0.15) is 5.82 Å². The van der Waals surface area contributed by atoms with E-state index in [4.69, 9.17) is 11.1 Å². The summed E-state index contributed by atoms with van der Waals surface area (Å²) in [4.78, 5) is 29.8. The largest absolute Gasteiger partial charge is 0.368 e. The van der Waals surface area contributed by atoms with Gasteiger partial charge in [0.2, 0.25) is 0 Å². The van der Waals surface area contributed by atoms with E-state index in [9.17, 15) is 9.59 Å². The summed E-state index contributed by atoms with van der Waals surface area (Å²) in [6.07, 6.45) is 4.44. The Labute approximate surface area is 185 Å². The van der Waals surface area contributed by atoms with Crippen LogP contribution in [0, 0.1) is 30.0 Å². The molecule has 2 aliphatic carbocycles. The van der Waals surface area contributed by atoms with E-state index in [1.165, 1.54) is 6.07 Å². The van der Waals surface area contributed by atoms with Crippen LogP contribution in [0.25, 0.3) is 10.9 Å². The fraction of sp³-hybridized carbons (Fsp3) is 0.609. The third-order valence-electron chi connectivity index (χ3n) is 7.70. The molecule has 2 aromatic rings. The first-order valence-electron chi connectivity index (χ1n) is 11.5. The zero-order valence-electron chi connectivity index (χ0n) is 18.6. The monoisotopic (exact) mass is 440 g/mol. The van der Waals surface area contributed by atoms with E-state index in [0.717, 1.165) is 51.9 Å². The van der Waals surface area contributed by atoms with Crippen molar-refractivity contribution in [2.75, 3.05) is 36.9 Å². The molecule has 0 bridgehead atoms. The number of hydrogen-bond donors (Lipinski definition) is 1.